The smallest absolute Gasteiger partial charge is 0.234 e. The highest BCUT2D eigenvalue weighted by atomic mass is 32.2. The van der Waals surface area contributed by atoms with Gasteiger partial charge in [-0.1, -0.05) is 30.3 Å². The Hall–Kier alpha value is -2.64. The number of aromatic nitrogens is 2. The van der Waals surface area contributed by atoms with Gasteiger partial charge in [-0.05, 0) is 29.8 Å². The average Bonchev–Trinajstić information content (AvgIpc) is 3.22. The predicted molar refractivity (Wildman–Crippen MR) is 92.1 cm³/mol. The molecule has 6 nitrogen and oxygen atoms in total. The minimum Gasteiger partial charge on any atom is -0.463 e. The number of sulfonamides is 1. The number of rotatable bonds is 6. The van der Waals surface area contributed by atoms with E-state index in [1.165, 1.54) is 0 Å². The monoisotopic (exact) mass is 343 g/mol. The van der Waals surface area contributed by atoms with Gasteiger partial charge in [0.1, 0.15) is 5.69 Å². The van der Waals surface area contributed by atoms with Gasteiger partial charge in [0.25, 0.3) is 0 Å². The highest BCUT2D eigenvalue weighted by molar-refractivity contribution is 7.92. The molecule has 124 valence electrons. The van der Waals surface area contributed by atoms with Crippen LogP contribution in [0.5, 0.6) is 0 Å². The Bertz CT molecular complexity index is 927. The van der Waals surface area contributed by atoms with Gasteiger partial charge >= 0.3 is 0 Å². The van der Waals surface area contributed by atoms with Crippen LogP contribution < -0.4 is 4.72 Å². The molecule has 2 aromatic heterocycles. The zero-order valence-electron chi connectivity index (χ0n) is 13.1. The number of hydrogen-bond donors (Lipinski definition) is 1. The lowest BCUT2D eigenvalue weighted by Gasteiger charge is -2.00. The van der Waals surface area contributed by atoms with E-state index in [0.717, 1.165) is 16.7 Å². The largest absolute Gasteiger partial charge is 0.463 e. The second kappa shape index (κ2) is 6.86. The molecule has 0 fully saturated rings. The summed E-state index contributed by atoms with van der Waals surface area (Å²) in [6, 6.07) is 14.7. The number of hydrogen-bond acceptors (Lipinski definition) is 4. The normalized spacial score (nSPS) is 12.0. The zero-order chi connectivity index (χ0) is 17.0. The summed E-state index contributed by atoms with van der Waals surface area (Å²) in [6.07, 6.45) is 3.13. The van der Waals surface area contributed by atoms with Crippen molar-refractivity contribution in [2.45, 2.75) is 6.54 Å². The first-order valence-electron chi connectivity index (χ1n) is 7.33. The zero-order valence-corrected chi connectivity index (χ0v) is 13.9. The molecule has 7 heteroatoms. The second-order valence-corrected chi connectivity index (χ2v) is 6.85. The summed E-state index contributed by atoms with van der Waals surface area (Å²) in [5, 5.41) is 5.45. The molecule has 0 saturated heterocycles. The van der Waals surface area contributed by atoms with Crippen LogP contribution in [0.2, 0.25) is 0 Å². The molecule has 0 spiro atoms. The van der Waals surface area contributed by atoms with Crippen molar-refractivity contribution in [2.75, 3.05) is 0 Å². The first kappa shape index (κ1) is 16.2. The van der Waals surface area contributed by atoms with Crippen LogP contribution in [0.15, 0.2) is 64.6 Å². The third kappa shape index (κ3) is 4.01. The lowest BCUT2D eigenvalue weighted by molar-refractivity contribution is 0.572. The third-order valence-corrected chi connectivity index (χ3v) is 4.44. The molecule has 0 bridgehead atoms. The molecule has 3 aromatic rings. The Morgan fingerprint density at radius 1 is 1.21 bits per heavy atom. The minimum absolute atomic E-state index is 0.107. The van der Waals surface area contributed by atoms with E-state index < -0.39 is 10.0 Å². The number of benzene rings is 1. The molecule has 1 aromatic carbocycles. The molecule has 24 heavy (non-hydrogen) atoms. The molecule has 0 aliphatic rings. The summed E-state index contributed by atoms with van der Waals surface area (Å²) < 4.78 is 33.6. The third-order valence-electron chi connectivity index (χ3n) is 3.40. The summed E-state index contributed by atoms with van der Waals surface area (Å²) in [5.74, 6) is 0.683. The van der Waals surface area contributed by atoms with Gasteiger partial charge in [0, 0.05) is 12.5 Å². The van der Waals surface area contributed by atoms with E-state index in [9.17, 15) is 8.42 Å². The maximum Gasteiger partial charge on any atom is 0.234 e. The lowest BCUT2D eigenvalue weighted by Crippen LogP contribution is -2.20. The van der Waals surface area contributed by atoms with E-state index in [0.29, 0.717) is 11.5 Å². The topological polar surface area (TPSA) is 77.1 Å². The fourth-order valence-electron chi connectivity index (χ4n) is 2.22. The molecule has 0 amide bonds. The minimum atomic E-state index is -3.54. The van der Waals surface area contributed by atoms with E-state index in [2.05, 4.69) is 9.82 Å². The van der Waals surface area contributed by atoms with E-state index in [1.807, 2.05) is 36.4 Å². The molecular formula is C17H17N3O3S. The molecule has 0 atom stereocenters. The number of furan rings is 1. The Morgan fingerprint density at radius 2 is 2.00 bits per heavy atom. The van der Waals surface area contributed by atoms with Gasteiger partial charge in [0.2, 0.25) is 10.0 Å². The van der Waals surface area contributed by atoms with Crippen LogP contribution in [0.4, 0.5) is 0 Å². The fourth-order valence-corrected chi connectivity index (χ4v) is 3.00. The van der Waals surface area contributed by atoms with Crippen molar-refractivity contribution in [3.8, 4) is 11.5 Å². The Balaban J connectivity index is 1.67. The van der Waals surface area contributed by atoms with Crippen molar-refractivity contribution in [3.63, 3.8) is 0 Å². The van der Waals surface area contributed by atoms with E-state index >= 15 is 0 Å². The maximum absolute atomic E-state index is 12.0. The van der Waals surface area contributed by atoms with Gasteiger partial charge in [-0.15, -0.1) is 0 Å². The first-order chi connectivity index (χ1) is 11.5. The van der Waals surface area contributed by atoms with Crippen molar-refractivity contribution < 1.29 is 12.8 Å². The maximum atomic E-state index is 12.0. The van der Waals surface area contributed by atoms with Gasteiger partial charge in [-0.25, -0.2) is 13.1 Å². The van der Waals surface area contributed by atoms with Crippen molar-refractivity contribution in [1.82, 2.24) is 14.5 Å². The standard InChI is InChI=1S/C17H17N3O3S/c1-20-16(17-8-5-10-23-17)12-15(19-20)13-18-24(21,22)11-9-14-6-3-2-4-7-14/h2-12,18H,13H2,1H3/b11-9+. The van der Waals surface area contributed by atoms with Crippen LogP contribution in [0.25, 0.3) is 17.5 Å². The molecule has 0 radical (unpaired) electrons. The van der Waals surface area contributed by atoms with Crippen molar-refractivity contribution in [3.05, 3.63) is 71.5 Å². The van der Waals surface area contributed by atoms with Gasteiger partial charge in [0.15, 0.2) is 5.76 Å². The van der Waals surface area contributed by atoms with Gasteiger partial charge in [0.05, 0.1) is 18.5 Å². The highest BCUT2D eigenvalue weighted by Gasteiger charge is 2.12. The first-order valence-corrected chi connectivity index (χ1v) is 8.88. The summed E-state index contributed by atoms with van der Waals surface area (Å²) in [6.45, 7) is 0.107. The Kier molecular flexibility index (Phi) is 4.64. The van der Waals surface area contributed by atoms with Crippen LogP contribution in [-0.4, -0.2) is 18.2 Å². The fraction of sp³-hybridized carbons (Fsp3) is 0.118. The van der Waals surface area contributed by atoms with Gasteiger partial charge in [-0.3, -0.25) is 4.68 Å². The molecule has 0 unspecified atom stereocenters. The second-order valence-electron chi connectivity index (χ2n) is 5.20. The van der Waals surface area contributed by atoms with E-state index in [-0.39, 0.29) is 6.54 Å². The SMILES string of the molecule is Cn1nc(CNS(=O)(=O)/C=C/c2ccccc2)cc1-c1ccco1. The van der Waals surface area contributed by atoms with E-state index in [1.54, 1.807) is 36.2 Å². The molecule has 1 N–H and O–H groups in total. The van der Waals surface area contributed by atoms with Crippen LogP contribution >= 0.6 is 0 Å². The van der Waals surface area contributed by atoms with Crippen molar-refractivity contribution in [1.29, 1.82) is 0 Å². The van der Waals surface area contributed by atoms with Crippen molar-refractivity contribution in [2.24, 2.45) is 7.05 Å². The van der Waals surface area contributed by atoms with Crippen LogP contribution in [0.3, 0.4) is 0 Å². The average molecular weight is 343 g/mol. The van der Waals surface area contributed by atoms with Gasteiger partial charge in [-0.2, -0.15) is 5.10 Å². The summed E-state index contributed by atoms with van der Waals surface area (Å²) in [4.78, 5) is 0. The van der Waals surface area contributed by atoms with E-state index in [4.69, 9.17) is 4.42 Å². The predicted octanol–water partition coefficient (Wildman–Crippen LogP) is 2.77. The summed E-state index contributed by atoms with van der Waals surface area (Å²) >= 11 is 0. The van der Waals surface area contributed by atoms with Crippen LogP contribution in [0.1, 0.15) is 11.3 Å². The van der Waals surface area contributed by atoms with Crippen LogP contribution in [-0.2, 0) is 23.6 Å². The Labute approximate surface area is 140 Å². The highest BCUT2D eigenvalue weighted by Crippen LogP contribution is 2.20. The number of aryl methyl sites for hydroxylation is 1. The summed E-state index contributed by atoms with van der Waals surface area (Å²) in [7, 11) is -1.76. The van der Waals surface area contributed by atoms with Crippen LogP contribution in [0, 0.1) is 0 Å². The molecule has 0 saturated carbocycles. The number of nitrogens with one attached hydrogen (secondary N) is 1. The van der Waals surface area contributed by atoms with Gasteiger partial charge < -0.3 is 4.42 Å². The molecular weight excluding hydrogens is 326 g/mol. The molecule has 2 heterocycles. The number of nitrogens with zero attached hydrogens (tertiary/aromatic N) is 2. The lowest BCUT2D eigenvalue weighted by atomic mass is 10.2. The Morgan fingerprint density at radius 3 is 2.71 bits per heavy atom. The molecule has 3 rings (SSSR count). The molecule has 0 aliphatic heterocycles. The molecule has 0 aliphatic carbocycles. The quantitative estimate of drug-likeness (QED) is 0.746. The summed E-state index contributed by atoms with van der Waals surface area (Å²) in [5.41, 5.74) is 2.22. The van der Waals surface area contributed by atoms with Crippen molar-refractivity contribution >= 4 is 16.1 Å².